The SMILES string of the molecule is Cl.Cn1cc(-c2cccc(F)c2)c(C(=O)NCCN)n1. The first-order valence-corrected chi connectivity index (χ1v) is 5.89. The minimum Gasteiger partial charge on any atom is -0.349 e. The van der Waals surface area contributed by atoms with Gasteiger partial charge in [0.05, 0.1) is 0 Å². The minimum atomic E-state index is -0.352. The maximum atomic E-state index is 13.3. The van der Waals surface area contributed by atoms with Gasteiger partial charge in [0.25, 0.3) is 5.91 Å². The van der Waals surface area contributed by atoms with Crippen LogP contribution in [0.3, 0.4) is 0 Å². The molecule has 1 amide bonds. The Morgan fingerprint density at radius 3 is 2.90 bits per heavy atom. The summed E-state index contributed by atoms with van der Waals surface area (Å²) in [6, 6.07) is 6.06. The summed E-state index contributed by atoms with van der Waals surface area (Å²) in [6.45, 7) is 0.728. The fraction of sp³-hybridized carbons (Fsp3) is 0.231. The zero-order valence-electron chi connectivity index (χ0n) is 11.0. The van der Waals surface area contributed by atoms with Gasteiger partial charge in [0, 0.05) is 31.9 Å². The lowest BCUT2D eigenvalue weighted by Crippen LogP contribution is -2.29. The van der Waals surface area contributed by atoms with Crippen LogP contribution in [0.25, 0.3) is 11.1 Å². The molecule has 2 rings (SSSR count). The van der Waals surface area contributed by atoms with E-state index in [1.54, 1.807) is 25.4 Å². The average molecular weight is 299 g/mol. The third-order valence-electron chi connectivity index (χ3n) is 2.61. The van der Waals surface area contributed by atoms with Gasteiger partial charge in [-0.25, -0.2) is 4.39 Å². The number of hydrogen-bond donors (Lipinski definition) is 2. The largest absolute Gasteiger partial charge is 0.349 e. The quantitative estimate of drug-likeness (QED) is 0.894. The Labute approximate surface area is 122 Å². The van der Waals surface area contributed by atoms with Gasteiger partial charge in [-0.1, -0.05) is 12.1 Å². The number of aryl methyl sites for hydroxylation is 1. The first-order valence-electron chi connectivity index (χ1n) is 5.89. The molecule has 3 N–H and O–H groups in total. The molecule has 7 heteroatoms. The van der Waals surface area contributed by atoms with Crippen LogP contribution >= 0.6 is 12.4 Å². The van der Waals surface area contributed by atoms with Gasteiger partial charge in [0.1, 0.15) is 5.82 Å². The second-order valence-electron chi connectivity index (χ2n) is 4.12. The highest BCUT2D eigenvalue weighted by Crippen LogP contribution is 2.23. The number of nitrogens with one attached hydrogen (secondary N) is 1. The van der Waals surface area contributed by atoms with Crippen molar-refractivity contribution in [3.8, 4) is 11.1 Å². The summed E-state index contributed by atoms with van der Waals surface area (Å²) in [6.07, 6.45) is 1.69. The van der Waals surface area contributed by atoms with Gasteiger partial charge >= 0.3 is 0 Å². The van der Waals surface area contributed by atoms with E-state index in [9.17, 15) is 9.18 Å². The van der Waals surface area contributed by atoms with Gasteiger partial charge < -0.3 is 11.1 Å². The monoisotopic (exact) mass is 298 g/mol. The van der Waals surface area contributed by atoms with Crippen LogP contribution in [0, 0.1) is 5.82 Å². The summed E-state index contributed by atoms with van der Waals surface area (Å²) >= 11 is 0. The van der Waals surface area contributed by atoms with Gasteiger partial charge in [-0.3, -0.25) is 9.48 Å². The predicted octanol–water partition coefficient (Wildman–Crippen LogP) is 1.34. The smallest absolute Gasteiger partial charge is 0.272 e. The maximum absolute atomic E-state index is 13.3. The topological polar surface area (TPSA) is 72.9 Å². The molecule has 2 aromatic rings. The van der Waals surface area contributed by atoms with E-state index in [0.717, 1.165) is 0 Å². The van der Waals surface area contributed by atoms with E-state index in [2.05, 4.69) is 10.4 Å². The molecule has 0 bridgehead atoms. The van der Waals surface area contributed by atoms with E-state index in [4.69, 9.17) is 5.73 Å². The van der Waals surface area contributed by atoms with E-state index in [1.165, 1.54) is 16.8 Å². The number of carbonyl (C=O) groups excluding carboxylic acids is 1. The minimum absolute atomic E-state index is 0. The van der Waals surface area contributed by atoms with Crippen LogP contribution in [0.5, 0.6) is 0 Å². The molecule has 1 aromatic carbocycles. The molecule has 1 heterocycles. The van der Waals surface area contributed by atoms with Gasteiger partial charge in [-0.05, 0) is 17.7 Å². The van der Waals surface area contributed by atoms with Crippen molar-refractivity contribution in [2.75, 3.05) is 13.1 Å². The van der Waals surface area contributed by atoms with Gasteiger partial charge in [0.2, 0.25) is 0 Å². The Kier molecular flexibility index (Phi) is 5.66. The summed E-state index contributed by atoms with van der Waals surface area (Å²) in [7, 11) is 1.71. The first kappa shape index (κ1) is 16.1. The summed E-state index contributed by atoms with van der Waals surface area (Å²) in [5.41, 5.74) is 6.82. The molecule has 0 aliphatic carbocycles. The third-order valence-corrected chi connectivity index (χ3v) is 2.61. The number of nitrogens with zero attached hydrogens (tertiary/aromatic N) is 2. The molecule has 0 fully saturated rings. The zero-order chi connectivity index (χ0) is 13.8. The number of halogens is 2. The van der Waals surface area contributed by atoms with Crippen molar-refractivity contribution in [3.05, 3.63) is 42.0 Å². The Bertz CT molecular complexity index is 600. The van der Waals surface area contributed by atoms with Crippen LogP contribution in [0.15, 0.2) is 30.5 Å². The van der Waals surface area contributed by atoms with Crippen molar-refractivity contribution in [1.82, 2.24) is 15.1 Å². The highest BCUT2D eigenvalue weighted by molar-refractivity contribution is 5.98. The van der Waals surface area contributed by atoms with Crippen LogP contribution < -0.4 is 11.1 Å². The number of hydrogen-bond acceptors (Lipinski definition) is 3. The van der Waals surface area contributed by atoms with Crippen molar-refractivity contribution in [3.63, 3.8) is 0 Å². The molecular formula is C13H16ClFN4O. The van der Waals surface area contributed by atoms with Crippen molar-refractivity contribution >= 4 is 18.3 Å². The molecule has 0 saturated carbocycles. The van der Waals surface area contributed by atoms with E-state index < -0.39 is 0 Å². The standard InChI is InChI=1S/C13H15FN4O.ClH/c1-18-8-11(9-3-2-4-10(14)7-9)12(17-18)13(19)16-6-5-15;/h2-4,7-8H,5-6,15H2,1H3,(H,16,19);1H. The molecule has 0 radical (unpaired) electrons. The van der Waals surface area contributed by atoms with Gasteiger partial charge in [0.15, 0.2) is 5.69 Å². The van der Waals surface area contributed by atoms with Crippen LogP contribution in [0.2, 0.25) is 0 Å². The lowest BCUT2D eigenvalue weighted by Gasteiger charge is -2.03. The Morgan fingerprint density at radius 1 is 1.50 bits per heavy atom. The number of rotatable bonds is 4. The molecule has 0 saturated heterocycles. The average Bonchev–Trinajstić information content (AvgIpc) is 2.78. The number of nitrogens with two attached hydrogens (primary N) is 1. The fourth-order valence-corrected chi connectivity index (χ4v) is 1.79. The molecular weight excluding hydrogens is 283 g/mol. The van der Waals surface area contributed by atoms with E-state index >= 15 is 0 Å². The molecule has 0 aliphatic rings. The maximum Gasteiger partial charge on any atom is 0.272 e. The second kappa shape index (κ2) is 7.02. The van der Waals surface area contributed by atoms with Crippen molar-refractivity contribution in [1.29, 1.82) is 0 Å². The molecule has 0 unspecified atom stereocenters. The Hall–Kier alpha value is -1.92. The third kappa shape index (κ3) is 3.55. The second-order valence-corrected chi connectivity index (χ2v) is 4.12. The van der Waals surface area contributed by atoms with E-state index in [0.29, 0.717) is 24.2 Å². The molecule has 0 spiro atoms. The van der Waals surface area contributed by atoms with Crippen LogP contribution in [0.4, 0.5) is 4.39 Å². The number of carbonyl (C=O) groups is 1. The number of aromatic nitrogens is 2. The predicted molar refractivity (Wildman–Crippen MR) is 77.2 cm³/mol. The summed E-state index contributed by atoms with van der Waals surface area (Å²) in [5.74, 6) is -0.667. The number of amides is 1. The normalized spacial score (nSPS) is 9.95. The van der Waals surface area contributed by atoms with Crippen molar-refractivity contribution < 1.29 is 9.18 Å². The van der Waals surface area contributed by atoms with Crippen molar-refractivity contribution in [2.45, 2.75) is 0 Å². The summed E-state index contributed by atoms with van der Waals surface area (Å²) in [4.78, 5) is 12.0. The molecule has 20 heavy (non-hydrogen) atoms. The fourth-order valence-electron chi connectivity index (χ4n) is 1.79. The molecule has 0 aliphatic heterocycles. The van der Waals surface area contributed by atoms with E-state index in [1.807, 2.05) is 0 Å². The zero-order valence-corrected chi connectivity index (χ0v) is 11.8. The Balaban J connectivity index is 0.00000200. The first-order chi connectivity index (χ1) is 9.11. The lowest BCUT2D eigenvalue weighted by molar-refractivity contribution is 0.0949. The van der Waals surface area contributed by atoms with Crippen LogP contribution in [-0.4, -0.2) is 28.8 Å². The summed E-state index contributed by atoms with van der Waals surface area (Å²) in [5, 5.41) is 6.76. The van der Waals surface area contributed by atoms with E-state index in [-0.39, 0.29) is 29.8 Å². The number of benzene rings is 1. The molecule has 108 valence electrons. The lowest BCUT2D eigenvalue weighted by atomic mass is 10.1. The van der Waals surface area contributed by atoms with Gasteiger partial charge in [-0.15, -0.1) is 12.4 Å². The summed E-state index contributed by atoms with van der Waals surface area (Å²) < 4.78 is 14.8. The highest BCUT2D eigenvalue weighted by Gasteiger charge is 2.17. The van der Waals surface area contributed by atoms with Crippen LogP contribution in [-0.2, 0) is 7.05 Å². The van der Waals surface area contributed by atoms with Crippen LogP contribution in [0.1, 0.15) is 10.5 Å². The van der Waals surface area contributed by atoms with Gasteiger partial charge in [-0.2, -0.15) is 5.10 Å². The Morgan fingerprint density at radius 2 is 2.25 bits per heavy atom. The highest BCUT2D eigenvalue weighted by atomic mass is 35.5. The van der Waals surface area contributed by atoms with Crippen molar-refractivity contribution in [2.24, 2.45) is 12.8 Å². The molecule has 1 aromatic heterocycles. The molecule has 5 nitrogen and oxygen atoms in total. The molecule has 0 atom stereocenters.